The summed E-state index contributed by atoms with van der Waals surface area (Å²) in [5.41, 5.74) is 0.620. The predicted octanol–water partition coefficient (Wildman–Crippen LogP) is -1.37. The summed E-state index contributed by atoms with van der Waals surface area (Å²) in [6, 6.07) is 6.83. The van der Waals surface area contributed by atoms with E-state index in [0.717, 1.165) is 4.47 Å². The molecular formula is C12H9BrNNaO4. The molecule has 0 spiro atoms. The summed E-state index contributed by atoms with van der Waals surface area (Å²) >= 11 is 3.33. The number of nitrogens with zero attached hydrogens (tertiary/aromatic N) is 1. The molecule has 94 valence electrons. The minimum Gasteiger partial charge on any atom is -0.546 e. The van der Waals surface area contributed by atoms with E-state index in [1.807, 2.05) is 0 Å². The molecule has 5 nitrogen and oxygen atoms in total. The number of aromatic nitrogens is 1. The van der Waals surface area contributed by atoms with E-state index in [0.29, 0.717) is 17.1 Å². The molecule has 0 unspecified atom stereocenters. The Balaban J connectivity index is 0.00000180. The average molecular weight is 334 g/mol. The van der Waals surface area contributed by atoms with Gasteiger partial charge in [-0.1, -0.05) is 21.1 Å². The van der Waals surface area contributed by atoms with Gasteiger partial charge in [-0.2, -0.15) is 0 Å². The van der Waals surface area contributed by atoms with Crippen LogP contribution in [-0.2, 0) is 4.79 Å². The number of halogens is 1. The maximum Gasteiger partial charge on any atom is 1.00 e. The molecule has 0 saturated heterocycles. The van der Waals surface area contributed by atoms with Crippen molar-refractivity contribution in [3.8, 4) is 17.1 Å². The van der Waals surface area contributed by atoms with E-state index < -0.39 is 12.1 Å². The van der Waals surface area contributed by atoms with Crippen molar-refractivity contribution in [2.45, 2.75) is 13.0 Å². The van der Waals surface area contributed by atoms with Gasteiger partial charge < -0.3 is 19.2 Å². The second-order valence-corrected chi connectivity index (χ2v) is 4.51. The molecule has 0 aliphatic rings. The summed E-state index contributed by atoms with van der Waals surface area (Å²) < 4.78 is 11.2. The number of rotatable bonds is 4. The molecule has 0 radical (unpaired) electrons. The molecule has 0 N–H and O–H groups in total. The van der Waals surface area contributed by atoms with Gasteiger partial charge in [-0.3, -0.25) is 0 Å². The van der Waals surface area contributed by atoms with Crippen LogP contribution in [0.15, 0.2) is 39.5 Å². The Labute approximate surface area is 140 Å². The molecule has 1 aromatic carbocycles. The summed E-state index contributed by atoms with van der Waals surface area (Å²) in [4.78, 5) is 10.7. The first-order valence-electron chi connectivity index (χ1n) is 5.16. The summed E-state index contributed by atoms with van der Waals surface area (Å²) in [5.74, 6) is -0.384. The maximum atomic E-state index is 10.7. The fourth-order valence-corrected chi connectivity index (χ4v) is 1.75. The summed E-state index contributed by atoms with van der Waals surface area (Å²) in [6.07, 6.45) is 0.454. The number of ether oxygens (including phenoxy) is 1. The maximum absolute atomic E-state index is 10.7. The number of aliphatic carboxylic acids is 1. The predicted molar refractivity (Wildman–Crippen MR) is 64.7 cm³/mol. The van der Waals surface area contributed by atoms with Gasteiger partial charge in [0, 0.05) is 10.5 Å². The molecule has 0 fully saturated rings. The van der Waals surface area contributed by atoms with Gasteiger partial charge in [-0.25, -0.2) is 0 Å². The number of hydrogen-bond acceptors (Lipinski definition) is 5. The number of carboxylic acids is 1. The van der Waals surface area contributed by atoms with Crippen molar-refractivity contribution >= 4 is 21.9 Å². The Morgan fingerprint density at radius 3 is 2.79 bits per heavy atom. The zero-order valence-corrected chi connectivity index (χ0v) is 14.0. The molecule has 2 aromatic rings. The van der Waals surface area contributed by atoms with E-state index in [1.54, 1.807) is 24.3 Å². The Bertz CT molecular complexity index is 559. The molecule has 19 heavy (non-hydrogen) atoms. The quantitative estimate of drug-likeness (QED) is 0.645. The van der Waals surface area contributed by atoms with Crippen molar-refractivity contribution in [1.82, 2.24) is 5.16 Å². The number of carbonyl (C=O) groups excluding carboxylic acids is 1. The van der Waals surface area contributed by atoms with E-state index in [2.05, 4.69) is 21.1 Å². The molecule has 1 atom stereocenters. The van der Waals surface area contributed by atoms with Gasteiger partial charge in [0.1, 0.15) is 11.9 Å². The van der Waals surface area contributed by atoms with Crippen LogP contribution in [0.25, 0.3) is 11.3 Å². The fraction of sp³-hybridized carbons (Fsp3) is 0.167. The molecule has 1 aromatic heterocycles. The molecule has 7 heteroatoms. The minimum absolute atomic E-state index is 0. The van der Waals surface area contributed by atoms with Crippen LogP contribution in [-0.4, -0.2) is 17.2 Å². The summed E-state index contributed by atoms with van der Waals surface area (Å²) in [6.45, 7) is 1.40. The van der Waals surface area contributed by atoms with Crippen molar-refractivity contribution in [3.63, 3.8) is 0 Å². The van der Waals surface area contributed by atoms with Crippen LogP contribution in [0.1, 0.15) is 6.92 Å². The SMILES string of the molecule is C[C@H](Oc1ccc(Br)cc1-c1ccno1)C(=O)[O-].[Na+]. The second kappa shape index (κ2) is 7.09. The smallest absolute Gasteiger partial charge is 0.546 e. The minimum atomic E-state index is -1.28. The molecule has 0 amide bonds. The molecule has 1 heterocycles. The number of carbonyl (C=O) groups is 1. The van der Waals surface area contributed by atoms with Gasteiger partial charge >= 0.3 is 29.6 Å². The van der Waals surface area contributed by atoms with Gasteiger partial charge in [-0.15, -0.1) is 0 Å². The molecule has 0 saturated carbocycles. The van der Waals surface area contributed by atoms with Gasteiger partial charge in [0.05, 0.1) is 17.7 Å². The average Bonchev–Trinajstić information content (AvgIpc) is 2.84. The van der Waals surface area contributed by atoms with E-state index in [4.69, 9.17) is 9.26 Å². The molecule has 0 aliphatic carbocycles. The van der Waals surface area contributed by atoms with Crippen LogP contribution in [0.2, 0.25) is 0 Å². The van der Waals surface area contributed by atoms with Crippen LogP contribution in [0.5, 0.6) is 5.75 Å². The van der Waals surface area contributed by atoms with E-state index in [-0.39, 0.29) is 29.6 Å². The van der Waals surface area contributed by atoms with Crippen molar-refractivity contribution in [3.05, 3.63) is 34.9 Å². The van der Waals surface area contributed by atoms with Crippen LogP contribution in [0.3, 0.4) is 0 Å². The summed E-state index contributed by atoms with van der Waals surface area (Å²) in [7, 11) is 0. The first kappa shape index (κ1) is 16.2. The number of benzene rings is 1. The van der Waals surface area contributed by atoms with Crippen molar-refractivity contribution in [2.75, 3.05) is 0 Å². The normalized spacial score (nSPS) is 11.5. The van der Waals surface area contributed by atoms with Crippen LogP contribution in [0.4, 0.5) is 0 Å². The van der Waals surface area contributed by atoms with E-state index in [9.17, 15) is 9.90 Å². The second-order valence-electron chi connectivity index (χ2n) is 3.60. The van der Waals surface area contributed by atoms with Crippen LogP contribution >= 0.6 is 15.9 Å². The number of carboxylic acid groups (broad SMARTS) is 1. The van der Waals surface area contributed by atoms with Crippen molar-refractivity contribution in [1.29, 1.82) is 0 Å². The fourth-order valence-electron chi connectivity index (χ4n) is 1.39. The van der Waals surface area contributed by atoms with Crippen molar-refractivity contribution < 1.29 is 48.7 Å². The van der Waals surface area contributed by atoms with Crippen LogP contribution < -0.4 is 39.4 Å². The Morgan fingerprint density at radius 1 is 1.47 bits per heavy atom. The van der Waals surface area contributed by atoms with Gasteiger partial charge in [0.15, 0.2) is 5.76 Å². The van der Waals surface area contributed by atoms with Crippen molar-refractivity contribution in [2.24, 2.45) is 0 Å². The Kier molecular flexibility index (Phi) is 6.06. The zero-order valence-electron chi connectivity index (χ0n) is 10.4. The number of hydrogen-bond donors (Lipinski definition) is 0. The molecule has 0 bridgehead atoms. The van der Waals surface area contributed by atoms with E-state index in [1.165, 1.54) is 13.1 Å². The topological polar surface area (TPSA) is 75.4 Å². The van der Waals surface area contributed by atoms with Crippen LogP contribution in [0, 0.1) is 0 Å². The molecule has 0 aliphatic heterocycles. The van der Waals surface area contributed by atoms with Gasteiger partial charge in [0.25, 0.3) is 0 Å². The molecule has 2 rings (SSSR count). The third-order valence-electron chi connectivity index (χ3n) is 2.28. The standard InChI is InChI=1S/C12H10BrNO4.Na/c1-7(12(15)16)17-10-3-2-8(13)6-9(10)11-4-5-14-18-11;/h2-7H,1H3,(H,15,16);/q;+1/p-1/t7-;/m0./s1. The Morgan fingerprint density at radius 2 is 2.21 bits per heavy atom. The van der Waals surface area contributed by atoms with E-state index >= 15 is 0 Å². The van der Waals surface area contributed by atoms with Gasteiger partial charge in [-0.05, 0) is 25.1 Å². The first-order chi connectivity index (χ1) is 8.58. The zero-order chi connectivity index (χ0) is 13.1. The monoisotopic (exact) mass is 333 g/mol. The third-order valence-corrected chi connectivity index (χ3v) is 2.77. The first-order valence-corrected chi connectivity index (χ1v) is 5.95. The Hall–Kier alpha value is -0.820. The largest absolute Gasteiger partial charge is 1.00 e. The van der Waals surface area contributed by atoms with Gasteiger partial charge in [0.2, 0.25) is 0 Å². The third kappa shape index (κ3) is 4.07. The summed E-state index contributed by atoms with van der Waals surface area (Å²) in [5, 5.41) is 14.3. The molecular weight excluding hydrogens is 325 g/mol.